The van der Waals surface area contributed by atoms with E-state index in [2.05, 4.69) is 0 Å². The third-order valence-electron chi connectivity index (χ3n) is 2.20. The summed E-state index contributed by atoms with van der Waals surface area (Å²) in [7, 11) is -3.10. The summed E-state index contributed by atoms with van der Waals surface area (Å²) in [6.45, 7) is 3.60. The van der Waals surface area contributed by atoms with Crippen LogP contribution in [-0.4, -0.2) is 37.9 Å². The van der Waals surface area contributed by atoms with Gasteiger partial charge in [-0.15, -0.1) is 0 Å². The Morgan fingerprint density at radius 1 is 1.43 bits per heavy atom. The van der Waals surface area contributed by atoms with Gasteiger partial charge in [0.1, 0.15) is 5.60 Å². The van der Waals surface area contributed by atoms with Gasteiger partial charge in [-0.2, -0.15) is 0 Å². The molecular weight excluding hydrogens is 204 g/mol. The van der Waals surface area contributed by atoms with Crippen LogP contribution in [0.3, 0.4) is 0 Å². The molecule has 1 unspecified atom stereocenters. The first-order chi connectivity index (χ1) is 6.39. The van der Waals surface area contributed by atoms with Gasteiger partial charge in [-0.1, -0.05) is 0 Å². The van der Waals surface area contributed by atoms with E-state index in [-0.39, 0.29) is 17.6 Å². The molecule has 0 aliphatic carbocycles. The van der Waals surface area contributed by atoms with Crippen molar-refractivity contribution in [3.63, 3.8) is 0 Å². The van der Waals surface area contributed by atoms with Crippen molar-refractivity contribution < 1.29 is 17.9 Å². The molecule has 0 N–H and O–H groups in total. The summed E-state index contributed by atoms with van der Waals surface area (Å²) in [6.07, 6.45) is 1.53. The number of hydrogen-bond donors (Lipinski definition) is 0. The van der Waals surface area contributed by atoms with Crippen molar-refractivity contribution >= 4 is 16.1 Å². The van der Waals surface area contributed by atoms with Crippen LogP contribution in [0.15, 0.2) is 0 Å². The Balaban J connectivity index is 2.84. The van der Waals surface area contributed by atoms with Gasteiger partial charge < -0.3 is 9.53 Å². The largest absolute Gasteiger partial charge is 0.364 e. The van der Waals surface area contributed by atoms with Gasteiger partial charge in [0.15, 0.2) is 16.1 Å². The highest BCUT2D eigenvalue weighted by atomic mass is 32.2. The van der Waals surface area contributed by atoms with Crippen LogP contribution in [0.25, 0.3) is 0 Å². The minimum absolute atomic E-state index is 0.131. The SMILES string of the molecule is CC(C)OC1(C=O)CCCS(=O)(=O)C1. The average molecular weight is 220 g/mol. The predicted octanol–water partition coefficient (Wildman–Crippen LogP) is 0.558. The quantitative estimate of drug-likeness (QED) is 0.652. The summed E-state index contributed by atoms with van der Waals surface area (Å²) in [5.41, 5.74) is -1.09. The Morgan fingerprint density at radius 3 is 2.50 bits per heavy atom. The molecule has 0 bridgehead atoms. The standard InChI is InChI=1S/C9H16O4S/c1-8(2)13-9(6-10)4-3-5-14(11,12)7-9/h6,8H,3-5,7H2,1-2H3. The molecular formula is C9H16O4S. The molecule has 0 saturated carbocycles. The first kappa shape index (κ1) is 11.7. The van der Waals surface area contributed by atoms with Gasteiger partial charge in [0, 0.05) is 0 Å². The van der Waals surface area contributed by atoms with Gasteiger partial charge in [0.05, 0.1) is 17.6 Å². The number of hydrogen-bond acceptors (Lipinski definition) is 4. The monoisotopic (exact) mass is 220 g/mol. The Labute approximate surface area is 84.6 Å². The van der Waals surface area contributed by atoms with Gasteiger partial charge in [-0.3, -0.25) is 0 Å². The molecule has 1 rings (SSSR count). The average Bonchev–Trinajstić information content (AvgIpc) is 2.01. The number of carbonyl (C=O) groups excluding carboxylic acids is 1. The molecule has 0 aromatic carbocycles. The zero-order valence-electron chi connectivity index (χ0n) is 8.52. The van der Waals surface area contributed by atoms with Gasteiger partial charge in [0.25, 0.3) is 0 Å². The van der Waals surface area contributed by atoms with E-state index in [1.807, 2.05) is 0 Å². The highest BCUT2D eigenvalue weighted by Crippen LogP contribution is 2.26. The molecule has 14 heavy (non-hydrogen) atoms. The van der Waals surface area contributed by atoms with Crippen LogP contribution >= 0.6 is 0 Å². The van der Waals surface area contributed by atoms with Crippen LogP contribution in [0.1, 0.15) is 26.7 Å². The minimum Gasteiger partial charge on any atom is -0.364 e. The molecule has 0 aromatic heterocycles. The summed E-state index contributed by atoms with van der Waals surface area (Å²) >= 11 is 0. The van der Waals surface area contributed by atoms with E-state index >= 15 is 0 Å². The van der Waals surface area contributed by atoms with Gasteiger partial charge in [-0.05, 0) is 26.7 Å². The Morgan fingerprint density at radius 2 is 2.07 bits per heavy atom. The molecule has 0 aromatic rings. The van der Waals surface area contributed by atoms with E-state index in [4.69, 9.17) is 4.74 Å². The van der Waals surface area contributed by atoms with Gasteiger partial charge in [0.2, 0.25) is 0 Å². The molecule has 1 aliphatic heterocycles. The summed E-state index contributed by atoms with van der Waals surface area (Å²) < 4.78 is 28.2. The smallest absolute Gasteiger partial charge is 0.153 e. The van der Waals surface area contributed by atoms with Crippen LogP contribution in [0.2, 0.25) is 0 Å². The van der Waals surface area contributed by atoms with Crippen molar-refractivity contribution in [2.45, 2.75) is 38.4 Å². The molecule has 0 amide bonds. The Kier molecular flexibility index (Phi) is 3.32. The van der Waals surface area contributed by atoms with Crippen molar-refractivity contribution in [3.05, 3.63) is 0 Å². The second-order valence-corrected chi connectivity index (χ2v) is 6.23. The number of ether oxygens (including phenoxy) is 1. The molecule has 1 heterocycles. The molecule has 5 heteroatoms. The van der Waals surface area contributed by atoms with Crippen LogP contribution in [-0.2, 0) is 19.4 Å². The van der Waals surface area contributed by atoms with Crippen molar-refractivity contribution in [1.29, 1.82) is 0 Å². The van der Waals surface area contributed by atoms with Crippen LogP contribution in [0.4, 0.5) is 0 Å². The number of sulfone groups is 1. The highest BCUT2D eigenvalue weighted by Gasteiger charge is 2.40. The summed E-state index contributed by atoms with van der Waals surface area (Å²) in [5.74, 6) is 0.00568. The molecule has 0 spiro atoms. The van der Waals surface area contributed by atoms with Crippen molar-refractivity contribution in [1.82, 2.24) is 0 Å². The third-order valence-corrected chi connectivity index (χ3v) is 4.04. The maximum absolute atomic E-state index is 11.4. The van der Waals surface area contributed by atoms with E-state index in [1.165, 1.54) is 0 Å². The predicted molar refractivity (Wildman–Crippen MR) is 52.9 cm³/mol. The Hall–Kier alpha value is -0.420. The van der Waals surface area contributed by atoms with Gasteiger partial charge in [-0.25, -0.2) is 8.42 Å². The fraction of sp³-hybridized carbons (Fsp3) is 0.889. The lowest BCUT2D eigenvalue weighted by molar-refractivity contribution is -0.135. The lowest BCUT2D eigenvalue weighted by Crippen LogP contribution is -2.47. The maximum atomic E-state index is 11.4. The highest BCUT2D eigenvalue weighted by molar-refractivity contribution is 7.91. The van der Waals surface area contributed by atoms with Crippen LogP contribution < -0.4 is 0 Å². The van der Waals surface area contributed by atoms with Crippen molar-refractivity contribution in [2.24, 2.45) is 0 Å². The molecule has 82 valence electrons. The first-order valence-corrected chi connectivity index (χ1v) is 6.56. The number of carbonyl (C=O) groups is 1. The molecule has 1 aliphatic rings. The van der Waals surface area contributed by atoms with Crippen molar-refractivity contribution in [3.8, 4) is 0 Å². The van der Waals surface area contributed by atoms with Crippen LogP contribution in [0.5, 0.6) is 0 Å². The fourth-order valence-electron chi connectivity index (χ4n) is 1.79. The molecule has 0 radical (unpaired) electrons. The second-order valence-electron chi connectivity index (χ2n) is 4.04. The molecule has 4 nitrogen and oxygen atoms in total. The summed E-state index contributed by atoms with van der Waals surface area (Å²) in [5, 5.41) is 0. The summed E-state index contributed by atoms with van der Waals surface area (Å²) in [4.78, 5) is 10.9. The Bertz CT molecular complexity index is 307. The minimum atomic E-state index is -3.10. The fourth-order valence-corrected chi connectivity index (χ4v) is 3.54. The van der Waals surface area contributed by atoms with Crippen molar-refractivity contribution in [2.75, 3.05) is 11.5 Å². The van der Waals surface area contributed by atoms with E-state index in [0.717, 1.165) is 0 Å². The molecule has 1 fully saturated rings. The number of rotatable bonds is 3. The lowest BCUT2D eigenvalue weighted by atomic mass is 10.0. The lowest BCUT2D eigenvalue weighted by Gasteiger charge is -2.33. The third kappa shape index (κ3) is 2.78. The zero-order valence-corrected chi connectivity index (χ0v) is 9.34. The van der Waals surface area contributed by atoms with E-state index in [0.29, 0.717) is 19.1 Å². The van der Waals surface area contributed by atoms with E-state index in [9.17, 15) is 13.2 Å². The van der Waals surface area contributed by atoms with E-state index < -0.39 is 15.4 Å². The summed E-state index contributed by atoms with van der Waals surface area (Å²) in [6, 6.07) is 0. The second kappa shape index (κ2) is 3.98. The van der Waals surface area contributed by atoms with Crippen LogP contribution in [0, 0.1) is 0 Å². The van der Waals surface area contributed by atoms with E-state index in [1.54, 1.807) is 13.8 Å². The first-order valence-electron chi connectivity index (χ1n) is 4.74. The number of aldehydes is 1. The normalized spacial score (nSPS) is 31.6. The molecule has 1 saturated heterocycles. The van der Waals surface area contributed by atoms with Gasteiger partial charge >= 0.3 is 0 Å². The maximum Gasteiger partial charge on any atom is 0.153 e. The topological polar surface area (TPSA) is 60.4 Å². The zero-order chi connectivity index (χ0) is 10.8. The molecule has 1 atom stereocenters.